The van der Waals surface area contributed by atoms with E-state index in [-0.39, 0.29) is 0 Å². The first kappa shape index (κ1) is 15.0. The third-order valence-corrected chi connectivity index (χ3v) is 3.18. The number of hydrogen-bond acceptors (Lipinski definition) is 2. The van der Waals surface area contributed by atoms with Crippen LogP contribution in [0.3, 0.4) is 0 Å². The Kier molecular flexibility index (Phi) is 6.20. The molecule has 0 spiro atoms. The van der Waals surface area contributed by atoms with Crippen molar-refractivity contribution in [1.82, 2.24) is 0 Å². The highest BCUT2D eigenvalue weighted by atomic mass is 16.5. The van der Waals surface area contributed by atoms with Crippen LogP contribution in [0.25, 0.3) is 0 Å². The van der Waals surface area contributed by atoms with Gasteiger partial charge in [-0.15, -0.1) is 0 Å². The molecule has 1 aromatic carbocycles. The summed E-state index contributed by atoms with van der Waals surface area (Å²) in [6.07, 6.45) is 0.959. The van der Waals surface area contributed by atoms with Crippen LogP contribution in [0.4, 0.5) is 0 Å². The Morgan fingerprint density at radius 2 is 1.83 bits per heavy atom. The third kappa shape index (κ3) is 4.02. The van der Waals surface area contributed by atoms with Gasteiger partial charge in [-0.05, 0) is 55.9 Å². The molecule has 0 aromatic heterocycles. The molecule has 0 saturated heterocycles. The minimum atomic E-state index is 0.524. The summed E-state index contributed by atoms with van der Waals surface area (Å²) in [7, 11) is 0. The zero-order valence-corrected chi connectivity index (χ0v) is 12.4. The first-order chi connectivity index (χ1) is 8.60. The zero-order chi connectivity index (χ0) is 13.5. The monoisotopic (exact) mass is 250 g/mol. The van der Waals surface area contributed by atoms with Gasteiger partial charge in [0.25, 0.3) is 0 Å². The average Bonchev–Trinajstić information content (AvgIpc) is 2.33. The maximum atomic E-state index is 5.73. The second kappa shape index (κ2) is 7.42. The fraction of sp³-hybridized carbons (Fsp3) is 0.625. The van der Waals surface area contributed by atoms with Gasteiger partial charge in [-0.3, -0.25) is 0 Å². The fourth-order valence-electron chi connectivity index (χ4n) is 1.99. The molecule has 0 unspecified atom stereocenters. The van der Waals surface area contributed by atoms with Crippen molar-refractivity contribution in [2.45, 2.75) is 47.0 Å². The van der Waals surface area contributed by atoms with E-state index in [0.717, 1.165) is 25.4 Å². The normalized spacial score (nSPS) is 11.0. The van der Waals surface area contributed by atoms with E-state index in [9.17, 15) is 0 Å². The van der Waals surface area contributed by atoms with Crippen LogP contribution in [0, 0.1) is 6.92 Å². The predicted octanol–water partition coefficient (Wildman–Crippen LogP) is 4.10. The molecule has 0 radical (unpaired) electrons. The summed E-state index contributed by atoms with van der Waals surface area (Å²) in [5.41, 5.74) is 3.94. The lowest BCUT2D eigenvalue weighted by molar-refractivity contribution is 0.150. The molecular formula is C16H26O2. The summed E-state index contributed by atoms with van der Waals surface area (Å²) in [5, 5.41) is 0. The van der Waals surface area contributed by atoms with E-state index in [1.54, 1.807) is 0 Å². The van der Waals surface area contributed by atoms with Crippen molar-refractivity contribution in [1.29, 1.82) is 0 Å². The largest absolute Gasteiger partial charge is 0.494 e. The maximum absolute atomic E-state index is 5.73. The second-order valence-electron chi connectivity index (χ2n) is 4.84. The number of benzene rings is 1. The van der Waals surface area contributed by atoms with Gasteiger partial charge in [0.1, 0.15) is 5.75 Å². The molecule has 2 nitrogen and oxygen atoms in total. The van der Waals surface area contributed by atoms with Gasteiger partial charge >= 0.3 is 0 Å². The van der Waals surface area contributed by atoms with Gasteiger partial charge in [-0.2, -0.15) is 0 Å². The van der Waals surface area contributed by atoms with Crippen LogP contribution in [0.2, 0.25) is 0 Å². The molecule has 0 saturated carbocycles. The van der Waals surface area contributed by atoms with Gasteiger partial charge in [0.15, 0.2) is 0 Å². The summed E-state index contributed by atoms with van der Waals surface area (Å²) in [4.78, 5) is 0. The lowest BCUT2D eigenvalue weighted by Crippen LogP contribution is -2.04. The molecule has 0 bridgehead atoms. The summed E-state index contributed by atoms with van der Waals surface area (Å²) in [6.45, 7) is 12.9. The lowest BCUT2D eigenvalue weighted by atomic mass is 9.95. The maximum Gasteiger partial charge on any atom is 0.122 e. The van der Waals surface area contributed by atoms with Crippen LogP contribution in [-0.4, -0.2) is 19.8 Å². The first-order valence-electron chi connectivity index (χ1n) is 6.94. The Balaban J connectivity index is 2.98. The Labute approximate surface area is 111 Å². The minimum Gasteiger partial charge on any atom is -0.494 e. The van der Waals surface area contributed by atoms with Crippen LogP contribution in [-0.2, 0) is 11.2 Å². The molecule has 2 heteroatoms. The first-order valence-corrected chi connectivity index (χ1v) is 6.94. The summed E-state index contributed by atoms with van der Waals surface area (Å²) in [5.74, 6) is 1.55. The van der Waals surface area contributed by atoms with Crippen molar-refractivity contribution >= 4 is 0 Å². The van der Waals surface area contributed by atoms with Crippen molar-refractivity contribution < 1.29 is 9.47 Å². The van der Waals surface area contributed by atoms with Crippen LogP contribution < -0.4 is 4.74 Å². The number of ether oxygens (including phenoxy) is 2. The van der Waals surface area contributed by atoms with Gasteiger partial charge < -0.3 is 9.47 Å². The Morgan fingerprint density at radius 1 is 1.11 bits per heavy atom. The molecule has 1 aromatic rings. The van der Waals surface area contributed by atoms with Gasteiger partial charge in [0.05, 0.1) is 13.2 Å². The predicted molar refractivity (Wildman–Crippen MR) is 76.6 cm³/mol. The Hall–Kier alpha value is -1.02. The third-order valence-electron chi connectivity index (χ3n) is 3.18. The molecule has 0 heterocycles. The Bertz CT molecular complexity index is 370. The highest BCUT2D eigenvalue weighted by Crippen LogP contribution is 2.28. The van der Waals surface area contributed by atoms with Gasteiger partial charge in [-0.25, -0.2) is 0 Å². The molecule has 0 aliphatic rings. The van der Waals surface area contributed by atoms with Gasteiger partial charge in [-0.1, -0.05) is 19.9 Å². The van der Waals surface area contributed by atoms with Crippen LogP contribution in [0.5, 0.6) is 5.75 Å². The summed E-state index contributed by atoms with van der Waals surface area (Å²) < 4.78 is 11.2. The quantitative estimate of drug-likeness (QED) is 0.678. The molecule has 0 aliphatic carbocycles. The van der Waals surface area contributed by atoms with E-state index in [0.29, 0.717) is 12.5 Å². The van der Waals surface area contributed by atoms with Crippen molar-refractivity contribution in [2.24, 2.45) is 0 Å². The summed E-state index contributed by atoms with van der Waals surface area (Å²) in [6, 6.07) is 4.47. The summed E-state index contributed by atoms with van der Waals surface area (Å²) >= 11 is 0. The van der Waals surface area contributed by atoms with Crippen molar-refractivity contribution in [2.75, 3.05) is 19.8 Å². The molecule has 0 N–H and O–H groups in total. The van der Waals surface area contributed by atoms with E-state index in [4.69, 9.17) is 9.47 Å². The van der Waals surface area contributed by atoms with E-state index in [2.05, 4.69) is 32.9 Å². The van der Waals surface area contributed by atoms with Crippen molar-refractivity contribution in [3.63, 3.8) is 0 Å². The molecular weight excluding hydrogens is 224 g/mol. The standard InChI is InChI=1S/C16H26O2/c1-6-17-9-8-14-10-15(12(3)4)11-16(13(14)5)18-7-2/h10-12H,6-9H2,1-5H3. The fourth-order valence-corrected chi connectivity index (χ4v) is 1.99. The molecule has 102 valence electrons. The van der Waals surface area contributed by atoms with E-state index >= 15 is 0 Å². The molecule has 18 heavy (non-hydrogen) atoms. The Morgan fingerprint density at radius 3 is 2.39 bits per heavy atom. The highest BCUT2D eigenvalue weighted by Gasteiger charge is 2.10. The SMILES string of the molecule is CCOCCc1cc(C(C)C)cc(OCC)c1C. The second-order valence-corrected chi connectivity index (χ2v) is 4.84. The molecule has 1 rings (SSSR count). The van der Waals surface area contributed by atoms with Crippen LogP contribution in [0.15, 0.2) is 12.1 Å². The average molecular weight is 250 g/mol. The highest BCUT2D eigenvalue weighted by molar-refractivity contribution is 5.44. The molecule has 0 fully saturated rings. The van der Waals surface area contributed by atoms with Crippen molar-refractivity contribution in [3.8, 4) is 5.75 Å². The zero-order valence-electron chi connectivity index (χ0n) is 12.4. The van der Waals surface area contributed by atoms with Gasteiger partial charge in [0.2, 0.25) is 0 Å². The van der Waals surface area contributed by atoms with E-state index < -0.39 is 0 Å². The van der Waals surface area contributed by atoms with Crippen LogP contribution in [0.1, 0.15) is 50.3 Å². The van der Waals surface area contributed by atoms with Crippen LogP contribution >= 0.6 is 0 Å². The topological polar surface area (TPSA) is 18.5 Å². The lowest BCUT2D eigenvalue weighted by Gasteiger charge is -2.16. The van der Waals surface area contributed by atoms with Crippen molar-refractivity contribution in [3.05, 3.63) is 28.8 Å². The number of rotatable bonds is 7. The van der Waals surface area contributed by atoms with Gasteiger partial charge in [0, 0.05) is 6.61 Å². The molecule has 0 aliphatic heterocycles. The van der Waals surface area contributed by atoms with E-state index in [1.807, 2.05) is 13.8 Å². The number of hydrogen-bond donors (Lipinski definition) is 0. The smallest absolute Gasteiger partial charge is 0.122 e. The van der Waals surface area contributed by atoms with E-state index in [1.165, 1.54) is 16.7 Å². The molecule has 0 amide bonds. The minimum absolute atomic E-state index is 0.524. The molecule has 0 atom stereocenters.